The van der Waals surface area contributed by atoms with Crippen LogP contribution < -0.4 is 0 Å². The van der Waals surface area contributed by atoms with Crippen molar-refractivity contribution in [3.63, 3.8) is 0 Å². The van der Waals surface area contributed by atoms with Crippen molar-refractivity contribution < 1.29 is 14.1 Å². The number of carbonyl (C=O) groups is 1. The lowest BCUT2D eigenvalue weighted by Crippen LogP contribution is -2.46. The molecule has 1 aromatic rings. The number of nitrogens with zero attached hydrogens (tertiary/aromatic N) is 2. The van der Waals surface area contributed by atoms with E-state index < -0.39 is 0 Å². The van der Waals surface area contributed by atoms with Crippen LogP contribution in [0.1, 0.15) is 16.2 Å². The highest BCUT2D eigenvalue weighted by molar-refractivity contribution is 6.18. The second-order valence-electron chi connectivity index (χ2n) is 3.73. The highest BCUT2D eigenvalue weighted by Gasteiger charge is 2.26. The first-order chi connectivity index (χ1) is 7.70. The zero-order valence-corrected chi connectivity index (χ0v) is 9.74. The van der Waals surface area contributed by atoms with Crippen LogP contribution in [0.5, 0.6) is 0 Å². The summed E-state index contributed by atoms with van der Waals surface area (Å²) in [4.78, 5) is 13.6. The van der Waals surface area contributed by atoms with Crippen LogP contribution in [0.15, 0.2) is 10.6 Å². The fourth-order valence-corrected chi connectivity index (χ4v) is 1.80. The van der Waals surface area contributed by atoms with Crippen molar-refractivity contribution in [2.75, 3.05) is 25.6 Å². The van der Waals surface area contributed by atoms with Gasteiger partial charge in [0.1, 0.15) is 0 Å². The maximum absolute atomic E-state index is 12.0. The Kier molecular flexibility index (Phi) is 3.46. The first-order valence-corrected chi connectivity index (χ1v) is 5.64. The number of ether oxygens (including phenoxy) is 1. The molecule has 1 fully saturated rings. The summed E-state index contributed by atoms with van der Waals surface area (Å²) in [6.07, 6.45) is -0.0941. The van der Waals surface area contributed by atoms with Crippen molar-refractivity contribution in [1.29, 1.82) is 0 Å². The molecule has 0 saturated carbocycles. The Morgan fingerprint density at radius 1 is 1.75 bits per heavy atom. The zero-order chi connectivity index (χ0) is 11.5. The minimum Gasteiger partial charge on any atom is -0.373 e. The van der Waals surface area contributed by atoms with Crippen molar-refractivity contribution in [3.05, 3.63) is 17.5 Å². The quantitative estimate of drug-likeness (QED) is 0.730. The van der Waals surface area contributed by atoms with Crippen molar-refractivity contribution in [3.8, 4) is 0 Å². The lowest BCUT2D eigenvalue weighted by atomic mass is 10.2. The normalized spacial score (nSPS) is 21.1. The predicted octanol–water partition coefficient (Wildman–Crippen LogP) is 1.06. The molecule has 0 spiro atoms. The van der Waals surface area contributed by atoms with Crippen LogP contribution in [0.4, 0.5) is 0 Å². The minimum atomic E-state index is -0.154. The van der Waals surface area contributed by atoms with Gasteiger partial charge in [0, 0.05) is 19.2 Å². The fraction of sp³-hybridized carbons (Fsp3) is 0.600. The molecular formula is C10H13ClN2O3. The first kappa shape index (κ1) is 11.4. The zero-order valence-electron chi connectivity index (χ0n) is 8.98. The largest absolute Gasteiger partial charge is 0.373 e. The third-order valence-electron chi connectivity index (χ3n) is 2.44. The second kappa shape index (κ2) is 4.84. The summed E-state index contributed by atoms with van der Waals surface area (Å²) in [7, 11) is 0. The van der Waals surface area contributed by atoms with E-state index in [2.05, 4.69) is 5.16 Å². The Balaban J connectivity index is 2.04. The smallest absolute Gasteiger partial charge is 0.292 e. The Morgan fingerprint density at radius 2 is 2.56 bits per heavy atom. The molecule has 16 heavy (non-hydrogen) atoms. The highest BCUT2D eigenvalue weighted by atomic mass is 35.5. The van der Waals surface area contributed by atoms with E-state index in [1.54, 1.807) is 17.9 Å². The molecule has 0 aromatic carbocycles. The molecule has 1 unspecified atom stereocenters. The van der Waals surface area contributed by atoms with Crippen molar-refractivity contribution >= 4 is 17.5 Å². The summed E-state index contributed by atoms with van der Waals surface area (Å²) in [5.41, 5.74) is 0.700. The molecule has 88 valence electrons. The van der Waals surface area contributed by atoms with Crippen molar-refractivity contribution in [1.82, 2.24) is 10.1 Å². The molecule has 0 aliphatic carbocycles. The van der Waals surface area contributed by atoms with Crippen LogP contribution >= 0.6 is 11.6 Å². The van der Waals surface area contributed by atoms with E-state index in [1.165, 1.54) is 0 Å². The SMILES string of the molecule is Cc1cc(C(=O)N2CCOC(CCl)C2)on1. The second-order valence-corrected chi connectivity index (χ2v) is 4.04. The summed E-state index contributed by atoms with van der Waals surface area (Å²) in [5, 5.41) is 3.69. The molecule has 2 rings (SSSR count). The molecule has 1 amide bonds. The number of alkyl halides is 1. The third-order valence-corrected chi connectivity index (χ3v) is 2.78. The highest BCUT2D eigenvalue weighted by Crippen LogP contribution is 2.12. The van der Waals surface area contributed by atoms with Crippen LogP contribution in [0.2, 0.25) is 0 Å². The van der Waals surface area contributed by atoms with Gasteiger partial charge in [-0.2, -0.15) is 0 Å². The Morgan fingerprint density at radius 3 is 3.19 bits per heavy atom. The Bertz CT molecular complexity index is 380. The van der Waals surface area contributed by atoms with Crippen molar-refractivity contribution in [2.24, 2.45) is 0 Å². The fourth-order valence-electron chi connectivity index (χ4n) is 1.62. The van der Waals surface area contributed by atoms with Gasteiger partial charge < -0.3 is 14.2 Å². The summed E-state index contributed by atoms with van der Waals surface area (Å²) < 4.78 is 10.3. The van der Waals surface area contributed by atoms with E-state index in [0.717, 1.165) is 0 Å². The summed E-state index contributed by atoms with van der Waals surface area (Å²) in [6, 6.07) is 1.63. The van der Waals surface area contributed by atoms with Crippen LogP contribution in [0.3, 0.4) is 0 Å². The van der Waals surface area contributed by atoms with Gasteiger partial charge >= 0.3 is 0 Å². The van der Waals surface area contributed by atoms with Gasteiger partial charge in [-0.25, -0.2) is 0 Å². The van der Waals surface area contributed by atoms with E-state index in [9.17, 15) is 4.79 Å². The van der Waals surface area contributed by atoms with E-state index in [1.807, 2.05) is 0 Å². The number of aromatic nitrogens is 1. The minimum absolute atomic E-state index is 0.0941. The maximum atomic E-state index is 12.0. The standard InChI is InChI=1S/C10H13ClN2O3/c1-7-4-9(16-12-7)10(14)13-2-3-15-8(5-11)6-13/h4,8H,2-3,5-6H2,1H3. The van der Waals surface area contributed by atoms with E-state index in [-0.39, 0.29) is 17.8 Å². The average Bonchev–Trinajstić information content (AvgIpc) is 2.75. The molecular weight excluding hydrogens is 232 g/mol. The number of morpholine rings is 1. The number of hydrogen-bond donors (Lipinski definition) is 0. The van der Waals surface area contributed by atoms with Gasteiger partial charge in [-0.1, -0.05) is 5.16 Å². The number of carbonyl (C=O) groups excluding carboxylic acids is 1. The lowest BCUT2D eigenvalue weighted by molar-refractivity contribution is -0.0121. The van der Waals surface area contributed by atoms with E-state index in [0.29, 0.717) is 31.3 Å². The van der Waals surface area contributed by atoms with Gasteiger partial charge in [0.05, 0.1) is 24.3 Å². The van der Waals surface area contributed by atoms with Gasteiger partial charge in [-0.15, -0.1) is 11.6 Å². The Hall–Kier alpha value is -1.07. The lowest BCUT2D eigenvalue weighted by Gasteiger charge is -2.31. The number of amides is 1. The molecule has 6 heteroatoms. The number of aryl methyl sites for hydroxylation is 1. The van der Waals surface area contributed by atoms with Gasteiger partial charge in [0.25, 0.3) is 5.91 Å². The van der Waals surface area contributed by atoms with Crippen molar-refractivity contribution in [2.45, 2.75) is 13.0 Å². The topological polar surface area (TPSA) is 55.6 Å². The van der Waals surface area contributed by atoms with Gasteiger partial charge in [-0.05, 0) is 6.92 Å². The van der Waals surface area contributed by atoms with Gasteiger partial charge in [-0.3, -0.25) is 4.79 Å². The molecule has 0 bridgehead atoms. The van der Waals surface area contributed by atoms with Crippen LogP contribution in [-0.2, 0) is 4.74 Å². The summed E-state index contributed by atoms with van der Waals surface area (Å²) in [6.45, 7) is 3.35. The maximum Gasteiger partial charge on any atom is 0.292 e. The molecule has 1 aromatic heterocycles. The molecule has 5 nitrogen and oxygen atoms in total. The number of rotatable bonds is 2. The molecule has 1 aliphatic rings. The average molecular weight is 245 g/mol. The molecule has 1 saturated heterocycles. The van der Waals surface area contributed by atoms with E-state index >= 15 is 0 Å². The van der Waals surface area contributed by atoms with Crippen LogP contribution in [0.25, 0.3) is 0 Å². The molecule has 1 aliphatic heterocycles. The summed E-state index contributed by atoms with van der Waals surface area (Å²) in [5.74, 6) is 0.505. The number of halogens is 1. The third kappa shape index (κ3) is 2.36. The van der Waals surface area contributed by atoms with Crippen LogP contribution in [0, 0.1) is 6.92 Å². The van der Waals surface area contributed by atoms with Gasteiger partial charge in [0.2, 0.25) is 5.76 Å². The molecule has 1 atom stereocenters. The molecule has 0 radical (unpaired) electrons. The summed E-state index contributed by atoms with van der Waals surface area (Å²) >= 11 is 5.70. The Labute approximate surface area is 98.3 Å². The van der Waals surface area contributed by atoms with Crippen LogP contribution in [-0.4, -0.2) is 47.6 Å². The molecule has 0 N–H and O–H groups in total. The predicted molar refractivity (Wildman–Crippen MR) is 57.6 cm³/mol. The molecule has 2 heterocycles. The van der Waals surface area contributed by atoms with E-state index in [4.69, 9.17) is 20.9 Å². The monoisotopic (exact) mass is 244 g/mol. The first-order valence-electron chi connectivity index (χ1n) is 5.11. The van der Waals surface area contributed by atoms with Gasteiger partial charge in [0.15, 0.2) is 0 Å². The number of hydrogen-bond acceptors (Lipinski definition) is 4.